The molecule has 1 unspecified atom stereocenters. The molecule has 3 aromatic heterocycles. The fourth-order valence-electron chi connectivity index (χ4n) is 4.82. The van der Waals surface area contributed by atoms with Crippen molar-refractivity contribution in [3.63, 3.8) is 0 Å². The highest BCUT2D eigenvalue weighted by Gasteiger charge is 2.50. The molecule has 2 fully saturated rings. The molecule has 0 aliphatic carbocycles. The topological polar surface area (TPSA) is 319 Å². The number of phosphoric ester groups is 1. The smallest absolute Gasteiger partial charge is 0.394 e. The van der Waals surface area contributed by atoms with Crippen molar-refractivity contribution in [1.29, 1.82) is 0 Å². The molecule has 0 spiro atoms. The second-order valence-corrected chi connectivity index (χ2v) is 11.0. The SMILES string of the molecule is C=Nc1c(/C(N)=N\C)ncn1[C@@H]1O[C@H](COP(=O)(O)O[C@@H]2[C@H](N)[C@@H](CO)O[C@H]2n2cnc3c(=O)[nH]c(N)nc32)[C@@H](O)[C@H]1O. The Bertz CT molecular complexity index is 1640. The van der Waals surface area contributed by atoms with Crippen LogP contribution in [0.25, 0.3) is 11.2 Å². The third-order valence-electron chi connectivity index (χ3n) is 6.98. The number of aliphatic imine (C=N–C) groups is 2. The molecule has 2 saturated heterocycles. The van der Waals surface area contributed by atoms with Gasteiger partial charge in [0.2, 0.25) is 5.95 Å². The van der Waals surface area contributed by atoms with Gasteiger partial charge < -0.3 is 46.9 Å². The maximum atomic E-state index is 13.1. The number of aliphatic hydroxyl groups is 3. The number of ether oxygens (including phenoxy) is 2. The summed E-state index contributed by atoms with van der Waals surface area (Å²) in [5.74, 6) is -0.0885. The van der Waals surface area contributed by atoms with E-state index in [-0.39, 0.29) is 34.5 Å². The Hall–Kier alpha value is -3.63. The first kappa shape index (κ1) is 30.8. The molecule has 3 aromatic rings. The van der Waals surface area contributed by atoms with Crippen LogP contribution < -0.4 is 22.8 Å². The Balaban J connectivity index is 1.32. The van der Waals surface area contributed by atoms with Crippen LogP contribution in [0.3, 0.4) is 0 Å². The van der Waals surface area contributed by atoms with E-state index >= 15 is 0 Å². The van der Waals surface area contributed by atoms with Crippen LogP contribution in [0.4, 0.5) is 11.8 Å². The number of hydrogen-bond donors (Lipinski definition) is 8. The Morgan fingerprint density at radius 2 is 1.91 bits per heavy atom. The van der Waals surface area contributed by atoms with Crippen LogP contribution in [-0.4, -0.2) is 119 Å². The summed E-state index contributed by atoms with van der Waals surface area (Å²) in [6, 6.07) is -1.16. The molecule has 234 valence electrons. The predicted octanol–water partition coefficient (Wildman–Crippen LogP) is -3.40. The van der Waals surface area contributed by atoms with Gasteiger partial charge in [-0.15, -0.1) is 0 Å². The van der Waals surface area contributed by atoms with Crippen molar-refractivity contribution in [3.05, 3.63) is 28.7 Å². The highest BCUT2D eigenvalue weighted by Crippen LogP contribution is 2.49. The average Bonchev–Trinajstić information content (AvgIpc) is 3.72. The molecule has 9 atom stereocenters. The molecule has 0 radical (unpaired) electrons. The minimum Gasteiger partial charge on any atom is -0.394 e. The third kappa shape index (κ3) is 5.58. The summed E-state index contributed by atoms with van der Waals surface area (Å²) in [4.78, 5) is 44.9. The number of anilines is 1. The van der Waals surface area contributed by atoms with E-state index in [4.69, 9.17) is 35.7 Å². The first-order valence-corrected chi connectivity index (χ1v) is 14.1. The zero-order valence-corrected chi connectivity index (χ0v) is 23.3. The third-order valence-corrected chi connectivity index (χ3v) is 7.96. The van der Waals surface area contributed by atoms with Crippen LogP contribution >= 0.6 is 7.82 Å². The van der Waals surface area contributed by atoms with Gasteiger partial charge in [-0.2, -0.15) is 4.98 Å². The summed E-state index contributed by atoms with van der Waals surface area (Å²) >= 11 is 0. The molecule has 0 amide bonds. The van der Waals surface area contributed by atoms with Crippen LogP contribution in [0.15, 0.2) is 27.4 Å². The second kappa shape index (κ2) is 11.8. The first-order chi connectivity index (χ1) is 20.4. The maximum absolute atomic E-state index is 13.1. The summed E-state index contributed by atoms with van der Waals surface area (Å²) < 4.78 is 37.5. The molecule has 0 bridgehead atoms. The summed E-state index contributed by atoms with van der Waals surface area (Å²) in [6.07, 6.45) is -7.07. The highest BCUT2D eigenvalue weighted by molar-refractivity contribution is 7.47. The summed E-state index contributed by atoms with van der Waals surface area (Å²) in [7, 11) is -3.55. The van der Waals surface area contributed by atoms with Crippen molar-refractivity contribution in [2.24, 2.45) is 21.5 Å². The number of nitrogens with zero attached hydrogens (tertiary/aromatic N) is 7. The number of aromatic nitrogens is 6. The average molecular weight is 628 g/mol. The number of fused-ring (bicyclic) bond motifs is 1. The fourth-order valence-corrected chi connectivity index (χ4v) is 5.77. The Labute approximate surface area is 241 Å². The van der Waals surface area contributed by atoms with Gasteiger partial charge in [0.25, 0.3) is 5.56 Å². The number of aromatic amines is 1. The van der Waals surface area contributed by atoms with E-state index in [0.717, 1.165) is 0 Å². The number of imidazole rings is 2. The number of aliphatic hydroxyl groups excluding tert-OH is 3. The van der Waals surface area contributed by atoms with E-state index in [2.05, 4.69) is 36.6 Å². The number of nitrogens with one attached hydrogen (secondary N) is 1. The lowest BCUT2D eigenvalue weighted by molar-refractivity contribution is -0.0619. The number of nitrogen functional groups attached to an aromatic ring is 1. The number of nitrogens with two attached hydrogens (primary N) is 3. The summed E-state index contributed by atoms with van der Waals surface area (Å²) in [6.45, 7) is 2.16. The standard InChI is InChI=1S/C21H30N11O10P/c1-25-15(23)10-16(26-2)31(5-27-10)19-13(35)12(34)8(41-19)4-39-43(37,38)42-14-9(22)7(3-33)40-20(14)32-6-28-11-17(32)29-21(24)30-18(11)36/h5-9,12-14,19-20,33-35H,2-4,22H2,1H3,(H2,23,25)(H,37,38)(H3,24,29,30,36)/t7-,8-,9-,12-,13-,14-,19-,20-/m1/s1. The van der Waals surface area contributed by atoms with E-state index < -0.39 is 75.6 Å². The van der Waals surface area contributed by atoms with Gasteiger partial charge >= 0.3 is 7.82 Å². The number of rotatable bonds is 10. The zero-order chi connectivity index (χ0) is 31.2. The maximum Gasteiger partial charge on any atom is 0.472 e. The summed E-state index contributed by atoms with van der Waals surface area (Å²) in [5, 5.41) is 31.0. The largest absolute Gasteiger partial charge is 0.472 e. The van der Waals surface area contributed by atoms with Gasteiger partial charge in [0.15, 0.2) is 29.4 Å². The lowest BCUT2D eigenvalue weighted by atomic mass is 10.1. The van der Waals surface area contributed by atoms with E-state index in [1.54, 1.807) is 0 Å². The highest BCUT2D eigenvalue weighted by atomic mass is 31.2. The number of amidine groups is 1. The monoisotopic (exact) mass is 627 g/mol. The molecule has 2 aliphatic heterocycles. The first-order valence-electron chi connectivity index (χ1n) is 12.6. The van der Waals surface area contributed by atoms with E-state index in [1.807, 2.05) is 0 Å². The van der Waals surface area contributed by atoms with E-state index in [9.17, 15) is 29.6 Å². The molecular weight excluding hydrogens is 597 g/mol. The van der Waals surface area contributed by atoms with Crippen molar-refractivity contribution >= 4 is 43.3 Å². The molecule has 21 nitrogen and oxygen atoms in total. The van der Waals surface area contributed by atoms with Gasteiger partial charge in [-0.3, -0.25) is 33.0 Å². The lowest BCUT2D eigenvalue weighted by Crippen LogP contribution is -2.42. The molecule has 22 heteroatoms. The molecule has 0 aromatic carbocycles. The number of H-pyrrole nitrogens is 1. The molecule has 2 aliphatic rings. The van der Waals surface area contributed by atoms with Crippen molar-refractivity contribution in [2.75, 3.05) is 26.0 Å². The minimum absolute atomic E-state index is 0.0372. The fraction of sp³-hybridized carbons (Fsp3) is 0.524. The lowest BCUT2D eigenvalue weighted by Gasteiger charge is -2.25. The van der Waals surface area contributed by atoms with Gasteiger partial charge in [0.05, 0.1) is 31.9 Å². The van der Waals surface area contributed by atoms with Gasteiger partial charge in [0.1, 0.15) is 42.0 Å². The summed E-state index contributed by atoms with van der Waals surface area (Å²) in [5.41, 5.74) is 17.0. The number of phosphoric acid groups is 1. The van der Waals surface area contributed by atoms with E-state index in [0.29, 0.717) is 0 Å². The second-order valence-electron chi connectivity index (χ2n) is 9.57. The van der Waals surface area contributed by atoms with Gasteiger partial charge in [0, 0.05) is 7.05 Å². The van der Waals surface area contributed by atoms with E-state index in [1.165, 1.54) is 28.8 Å². The van der Waals surface area contributed by atoms with Crippen molar-refractivity contribution in [1.82, 2.24) is 29.1 Å². The van der Waals surface area contributed by atoms with Crippen LogP contribution in [0, 0.1) is 0 Å². The predicted molar refractivity (Wildman–Crippen MR) is 146 cm³/mol. The van der Waals surface area contributed by atoms with Gasteiger partial charge in [-0.1, -0.05) is 0 Å². The normalized spacial score (nSPS) is 31.1. The van der Waals surface area contributed by atoms with Gasteiger partial charge in [-0.25, -0.2) is 19.5 Å². The van der Waals surface area contributed by atoms with Crippen LogP contribution in [0.1, 0.15) is 18.1 Å². The minimum atomic E-state index is -4.99. The zero-order valence-electron chi connectivity index (χ0n) is 22.4. The van der Waals surface area contributed by atoms with Crippen molar-refractivity contribution in [3.8, 4) is 0 Å². The quantitative estimate of drug-likeness (QED) is 0.0617. The molecular formula is C21H30N11O10P. The Morgan fingerprint density at radius 3 is 2.58 bits per heavy atom. The number of hydrogen-bond acceptors (Lipinski definition) is 16. The van der Waals surface area contributed by atoms with Crippen LogP contribution in [0.2, 0.25) is 0 Å². The van der Waals surface area contributed by atoms with Crippen LogP contribution in [0.5, 0.6) is 0 Å². The van der Waals surface area contributed by atoms with Crippen LogP contribution in [-0.2, 0) is 23.1 Å². The molecule has 11 N–H and O–H groups in total. The molecule has 0 saturated carbocycles. The van der Waals surface area contributed by atoms with Crippen molar-refractivity contribution in [2.45, 2.75) is 49.0 Å². The van der Waals surface area contributed by atoms with Crippen molar-refractivity contribution < 1.29 is 43.3 Å². The van der Waals surface area contributed by atoms with Gasteiger partial charge in [-0.05, 0) is 6.72 Å². The molecule has 5 heterocycles. The Morgan fingerprint density at radius 1 is 1.21 bits per heavy atom. The molecule has 43 heavy (non-hydrogen) atoms. The Kier molecular flexibility index (Phi) is 8.46. The molecule has 5 rings (SSSR count).